The summed E-state index contributed by atoms with van der Waals surface area (Å²) in [4.78, 5) is 2.55. The van der Waals surface area contributed by atoms with Crippen molar-refractivity contribution in [3.8, 4) is 0 Å². The molecule has 0 amide bonds. The number of nitrogens with zero attached hydrogens (tertiary/aromatic N) is 1. The van der Waals surface area contributed by atoms with Gasteiger partial charge in [-0.25, -0.2) is 0 Å². The van der Waals surface area contributed by atoms with Crippen LogP contribution in [0.4, 0.5) is 0 Å². The van der Waals surface area contributed by atoms with Gasteiger partial charge in [0.2, 0.25) is 0 Å². The monoisotopic (exact) mass is 198 g/mol. The van der Waals surface area contributed by atoms with Crippen LogP contribution in [-0.4, -0.2) is 31.1 Å². The van der Waals surface area contributed by atoms with Gasteiger partial charge in [-0.3, -0.25) is 0 Å². The molecule has 1 aliphatic carbocycles. The third-order valence-corrected chi connectivity index (χ3v) is 3.20. The Hall–Kier alpha value is -0.0800. The number of hydrogen-bond donors (Lipinski definition) is 1. The number of nitrogens with two attached hydrogens (primary N) is 1. The lowest BCUT2D eigenvalue weighted by Crippen LogP contribution is -2.39. The lowest BCUT2D eigenvalue weighted by atomic mass is 9.93. The molecule has 0 aromatic heterocycles. The standard InChI is InChI=1S/C12H26N2/c1-4-14(8-7-11-5-6-11)10-12(2,3)9-13/h11H,4-10,13H2,1-3H3. The number of rotatable bonds is 7. The lowest BCUT2D eigenvalue weighted by molar-refractivity contribution is 0.186. The van der Waals surface area contributed by atoms with Gasteiger partial charge in [-0.15, -0.1) is 0 Å². The van der Waals surface area contributed by atoms with Crippen LogP contribution in [-0.2, 0) is 0 Å². The molecule has 1 saturated carbocycles. The molecule has 0 spiro atoms. The third kappa shape index (κ3) is 4.43. The molecule has 2 nitrogen and oxygen atoms in total. The second kappa shape index (κ2) is 5.13. The smallest absolute Gasteiger partial charge is 0.00446 e. The highest BCUT2D eigenvalue weighted by Crippen LogP contribution is 2.32. The minimum absolute atomic E-state index is 0.277. The Morgan fingerprint density at radius 3 is 2.43 bits per heavy atom. The molecule has 0 heterocycles. The zero-order valence-corrected chi connectivity index (χ0v) is 10.1. The highest BCUT2D eigenvalue weighted by molar-refractivity contribution is 4.78. The highest BCUT2D eigenvalue weighted by atomic mass is 15.1. The SMILES string of the molecule is CCN(CCC1CC1)CC(C)(C)CN. The first-order valence-electron chi connectivity index (χ1n) is 6.00. The first kappa shape index (κ1) is 12.0. The van der Waals surface area contributed by atoms with E-state index in [1.807, 2.05) is 0 Å². The summed E-state index contributed by atoms with van der Waals surface area (Å²) in [5, 5.41) is 0. The maximum Gasteiger partial charge on any atom is 0.00446 e. The van der Waals surface area contributed by atoms with Gasteiger partial charge in [-0.05, 0) is 37.4 Å². The summed E-state index contributed by atoms with van der Waals surface area (Å²) >= 11 is 0. The van der Waals surface area contributed by atoms with E-state index in [0.29, 0.717) is 0 Å². The minimum atomic E-state index is 0.277. The van der Waals surface area contributed by atoms with Gasteiger partial charge in [0.05, 0.1) is 0 Å². The molecule has 2 N–H and O–H groups in total. The van der Waals surface area contributed by atoms with E-state index in [1.165, 1.54) is 25.8 Å². The molecule has 14 heavy (non-hydrogen) atoms. The molecule has 1 rings (SSSR count). The van der Waals surface area contributed by atoms with E-state index in [9.17, 15) is 0 Å². The molecule has 0 aromatic rings. The summed E-state index contributed by atoms with van der Waals surface area (Å²) < 4.78 is 0. The van der Waals surface area contributed by atoms with E-state index < -0.39 is 0 Å². The maximum absolute atomic E-state index is 5.75. The average molecular weight is 198 g/mol. The molecular weight excluding hydrogens is 172 g/mol. The van der Waals surface area contributed by atoms with Crippen LogP contribution >= 0.6 is 0 Å². The van der Waals surface area contributed by atoms with Crippen LogP contribution in [0, 0.1) is 11.3 Å². The largest absolute Gasteiger partial charge is 0.330 e. The molecule has 1 aliphatic rings. The molecular formula is C12H26N2. The van der Waals surface area contributed by atoms with Crippen LogP contribution in [0.15, 0.2) is 0 Å². The molecule has 1 fully saturated rings. The third-order valence-electron chi connectivity index (χ3n) is 3.20. The average Bonchev–Trinajstić information content (AvgIpc) is 2.95. The van der Waals surface area contributed by atoms with Crippen molar-refractivity contribution in [1.29, 1.82) is 0 Å². The second-order valence-electron chi connectivity index (χ2n) is 5.47. The van der Waals surface area contributed by atoms with Crippen LogP contribution in [0.25, 0.3) is 0 Å². The zero-order valence-electron chi connectivity index (χ0n) is 10.1. The Balaban J connectivity index is 2.21. The molecule has 84 valence electrons. The van der Waals surface area contributed by atoms with Crippen molar-refractivity contribution in [3.05, 3.63) is 0 Å². The van der Waals surface area contributed by atoms with Gasteiger partial charge < -0.3 is 10.6 Å². The Morgan fingerprint density at radius 2 is 2.00 bits per heavy atom. The summed E-state index contributed by atoms with van der Waals surface area (Å²) in [6.07, 6.45) is 4.34. The van der Waals surface area contributed by atoms with Crippen LogP contribution in [0.3, 0.4) is 0 Å². The quantitative estimate of drug-likeness (QED) is 0.679. The normalized spacial score (nSPS) is 17.8. The van der Waals surface area contributed by atoms with Gasteiger partial charge in [-0.2, -0.15) is 0 Å². The summed E-state index contributed by atoms with van der Waals surface area (Å²) in [5.74, 6) is 1.05. The molecule has 0 radical (unpaired) electrons. The van der Waals surface area contributed by atoms with Gasteiger partial charge in [-0.1, -0.05) is 33.6 Å². The Morgan fingerprint density at radius 1 is 1.36 bits per heavy atom. The van der Waals surface area contributed by atoms with Gasteiger partial charge in [0.25, 0.3) is 0 Å². The van der Waals surface area contributed by atoms with Crippen LogP contribution in [0.2, 0.25) is 0 Å². The zero-order chi connectivity index (χ0) is 10.6. The fourth-order valence-electron chi connectivity index (χ4n) is 1.79. The predicted molar refractivity (Wildman–Crippen MR) is 62.3 cm³/mol. The molecule has 0 atom stereocenters. The summed E-state index contributed by atoms with van der Waals surface area (Å²) in [7, 11) is 0. The van der Waals surface area contributed by atoms with Gasteiger partial charge >= 0.3 is 0 Å². The van der Waals surface area contributed by atoms with Crippen LogP contribution in [0.5, 0.6) is 0 Å². The molecule has 0 aromatic carbocycles. The van der Waals surface area contributed by atoms with Gasteiger partial charge in [0.15, 0.2) is 0 Å². The predicted octanol–water partition coefficient (Wildman–Crippen LogP) is 2.09. The van der Waals surface area contributed by atoms with Gasteiger partial charge in [0, 0.05) is 6.54 Å². The van der Waals surface area contributed by atoms with E-state index in [-0.39, 0.29) is 5.41 Å². The Labute approximate surface area is 88.8 Å². The van der Waals surface area contributed by atoms with Crippen molar-refractivity contribution in [2.45, 2.75) is 40.0 Å². The summed E-state index contributed by atoms with van der Waals surface area (Å²) in [5.41, 5.74) is 6.03. The lowest BCUT2D eigenvalue weighted by Gasteiger charge is -2.31. The van der Waals surface area contributed by atoms with Crippen molar-refractivity contribution < 1.29 is 0 Å². The highest BCUT2D eigenvalue weighted by Gasteiger charge is 2.23. The van der Waals surface area contributed by atoms with E-state index in [4.69, 9.17) is 5.73 Å². The van der Waals surface area contributed by atoms with Crippen molar-refractivity contribution in [3.63, 3.8) is 0 Å². The van der Waals surface area contributed by atoms with E-state index in [0.717, 1.165) is 25.6 Å². The molecule has 2 heteroatoms. The van der Waals surface area contributed by atoms with E-state index in [2.05, 4.69) is 25.7 Å². The van der Waals surface area contributed by atoms with Crippen molar-refractivity contribution in [1.82, 2.24) is 4.90 Å². The van der Waals surface area contributed by atoms with Gasteiger partial charge in [0.1, 0.15) is 0 Å². The first-order chi connectivity index (χ1) is 6.57. The van der Waals surface area contributed by atoms with E-state index >= 15 is 0 Å². The van der Waals surface area contributed by atoms with E-state index in [1.54, 1.807) is 0 Å². The summed E-state index contributed by atoms with van der Waals surface area (Å²) in [6, 6.07) is 0. The minimum Gasteiger partial charge on any atom is -0.330 e. The van der Waals surface area contributed by atoms with Crippen LogP contribution < -0.4 is 5.73 Å². The second-order valence-corrected chi connectivity index (χ2v) is 5.47. The molecule has 0 bridgehead atoms. The summed E-state index contributed by atoms with van der Waals surface area (Å²) in [6.45, 7) is 11.1. The Bertz CT molecular complexity index is 162. The molecule has 0 unspecified atom stereocenters. The first-order valence-corrected chi connectivity index (χ1v) is 6.00. The fourth-order valence-corrected chi connectivity index (χ4v) is 1.79. The number of hydrogen-bond acceptors (Lipinski definition) is 2. The van der Waals surface area contributed by atoms with Crippen molar-refractivity contribution >= 4 is 0 Å². The van der Waals surface area contributed by atoms with Crippen molar-refractivity contribution in [2.75, 3.05) is 26.2 Å². The topological polar surface area (TPSA) is 29.3 Å². The Kier molecular flexibility index (Phi) is 4.39. The molecule has 0 aliphatic heterocycles. The fraction of sp³-hybridized carbons (Fsp3) is 1.00. The maximum atomic E-state index is 5.75. The van der Waals surface area contributed by atoms with Crippen molar-refractivity contribution in [2.24, 2.45) is 17.1 Å². The molecule has 0 saturated heterocycles. The van der Waals surface area contributed by atoms with Crippen LogP contribution in [0.1, 0.15) is 40.0 Å².